The lowest BCUT2D eigenvalue weighted by atomic mass is 9.69. The van der Waals surface area contributed by atoms with Crippen LogP contribution in [0.5, 0.6) is 0 Å². The summed E-state index contributed by atoms with van der Waals surface area (Å²) in [6.45, 7) is 10.2. The van der Waals surface area contributed by atoms with Gasteiger partial charge in [0.1, 0.15) is 5.82 Å². The number of hydrogen-bond donors (Lipinski definition) is 2. The summed E-state index contributed by atoms with van der Waals surface area (Å²) in [5.41, 5.74) is 2.67. The van der Waals surface area contributed by atoms with Gasteiger partial charge in [-0.25, -0.2) is 4.39 Å². The molecule has 3 aromatic rings. The summed E-state index contributed by atoms with van der Waals surface area (Å²) in [5, 5.41) is 12.7. The van der Waals surface area contributed by atoms with Crippen LogP contribution in [0.3, 0.4) is 0 Å². The molecule has 0 fully saturated rings. The van der Waals surface area contributed by atoms with Crippen molar-refractivity contribution in [3.05, 3.63) is 65.4 Å². The number of rotatable bonds is 6. The van der Waals surface area contributed by atoms with Crippen molar-refractivity contribution in [2.75, 3.05) is 0 Å². The number of aromatic nitrogens is 2. The van der Waals surface area contributed by atoms with E-state index >= 15 is 0 Å². The van der Waals surface area contributed by atoms with E-state index < -0.39 is 5.60 Å². The fourth-order valence-electron chi connectivity index (χ4n) is 4.11. The smallest absolute Gasteiger partial charge is 0.123 e. The molecule has 3 rings (SSSR count). The number of H-pyrrole nitrogens is 1. The molecule has 0 amide bonds. The van der Waals surface area contributed by atoms with Gasteiger partial charge < -0.3 is 10.1 Å². The average molecular weight is 368 g/mol. The van der Waals surface area contributed by atoms with Gasteiger partial charge >= 0.3 is 0 Å². The molecule has 2 N–H and O–H groups in total. The molecule has 1 unspecified atom stereocenters. The maximum Gasteiger partial charge on any atom is 0.123 e. The summed E-state index contributed by atoms with van der Waals surface area (Å²) in [6, 6.07) is 8.94. The maximum atomic E-state index is 13.9. The second-order valence-corrected chi connectivity index (χ2v) is 8.71. The SMILES string of the molecule is Cc1ccc(F)cc1C(C)(C)CC(O)(Cc1cc2ccncc2[nH]1)C(C)C. The average Bonchev–Trinajstić information content (AvgIpc) is 2.98. The highest BCUT2D eigenvalue weighted by molar-refractivity contribution is 5.79. The number of nitrogens with one attached hydrogen (secondary N) is 1. The Kier molecular flexibility index (Phi) is 5.13. The van der Waals surface area contributed by atoms with Crippen LogP contribution in [0, 0.1) is 18.7 Å². The molecule has 144 valence electrons. The van der Waals surface area contributed by atoms with Crippen LogP contribution >= 0.6 is 0 Å². The lowest BCUT2D eigenvalue weighted by Crippen LogP contribution is -2.43. The standard InChI is InChI=1S/C23H29FN2O/c1-15(2)23(27,12-19-10-17-8-9-25-13-21(17)26-19)14-22(4,5)20-11-18(24)7-6-16(20)3/h6-11,13,15,26-27H,12,14H2,1-5H3. The Morgan fingerprint density at radius 1 is 1.19 bits per heavy atom. The minimum atomic E-state index is -0.920. The van der Waals surface area contributed by atoms with E-state index in [1.54, 1.807) is 18.5 Å². The van der Waals surface area contributed by atoms with Crippen LogP contribution in [-0.2, 0) is 11.8 Å². The van der Waals surface area contributed by atoms with E-state index in [4.69, 9.17) is 0 Å². The maximum absolute atomic E-state index is 13.9. The zero-order valence-electron chi connectivity index (χ0n) is 16.8. The number of aromatic amines is 1. The Bertz CT molecular complexity index is 911. The molecule has 0 aliphatic carbocycles. The van der Waals surface area contributed by atoms with Gasteiger partial charge in [0, 0.05) is 23.7 Å². The van der Waals surface area contributed by atoms with Gasteiger partial charge in [0.05, 0.1) is 17.3 Å². The minimum Gasteiger partial charge on any atom is -0.389 e. The van der Waals surface area contributed by atoms with Crippen molar-refractivity contribution in [2.24, 2.45) is 5.92 Å². The highest BCUT2D eigenvalue weighted by Crippen LogP contribution is 2.39. The summed E-state index contributed by atoms with van der Waals surface area (Å²) in [4.78, 5) is 7.52. The third-order valence-corrected chi connectivity index (χ3v) is 5.73. The van der Waals surface area contributed by atoms with Crippen LogP contribution in [0.4, 0.5) is 4.39 Å². The third-order valence-electron chi connectivity index (χ3n) is 5.73. The van der Waals surface area contributed by atoms with Gasteiger partial charge in [-0.15, -0.1) is 0 Å². The van der Waals surface area contributed by atoms with E-state index in [9.17, 15) is 9.50 Å². The number of aliphatic hydroxyl groups is 1. The zero-order valence-corrected chi connectivity index (χ0v) is 16.8. The van der Waals surface area contributed by atoms with Gasteiger partial charge in [-0.3, -0.25) is 4.98 Å². The number of pyridine rings is 1. The first-order valence-corrected chi connectivity index (χ1v) is 9.51. The van der Waals surface area contributed by atoms with E-state index in [1.807, 2.05) is 32.9 Å². The predicted molar refractivity (Wildman–Crippen MR) is 108 cm³/mol. The van der Waals surface area contributed by atoms with Gasteiger partial charge in [0.2, 0.25) is 0 Å². The molecule has 0 bridgehead atoms. The van der Waals surface area contributed by atoms with E-state index in [0.717, 1.165) is 27.7 Å². The molecule has 0 aliphatic rings. The molecule has 27 heavy (non-hydrogen) atoms. The Morgan fingerprint density at radius 3 is 2.59 bits per heavy atom. The molecule has 0 spiro atoms. The van der Waals surface area contributed by atoms with E-state index in [1.165, 1.54) is 6.07 Å². The van der Waals surface area contributed by atoms with Crippen LogP contribution in [-0.4, -0.2) is 20.7 Å². The lowest BCUT2D eigenvalue weighted by molar-refractivity contribution is -0.0292. The quantitative estimate of drug-likeness (QED) is 0.619. The van der Waals surface area contributed by atoms with E-state index in [2.05, 4.69) is 29.9 Å². The molecule has 4 heteroatoms. The minimum absolute atomic E-state index is 0.0511. The Balaban J connectivity index is 1.92. The number of halogens is 1. The lowest BCUT2D eigenvalue weighted by Gasteiger charge is -2.40. The predicted octanol–water partition coefficient (Wildman–Crippen LogP) is 5.31. The number of nitrogens with zero attached hydrogens (tertiary/aromatic N) is 1. The first-order chi connectivity index (χ1) is 12.6. The first-order valence-electron chi connectivity index (χ1n) is 9.51. The first kappa shape index (κ1) is 19.6. The zero-order chi connectivity index (χ0) is 19.8. The van der Waals surface area contributed by atoms with Gasteiger partial charge in [0.15, 0.2) is 0 Å². The molecular formula is C23H29FN2O. The molecule has 0 radical (unpaired) electrons. The van der Waals surface area contributed by atoms with Crippen molar-refractivity contribution in [3.8, 4) is 0 Å². The fraction of sp³-hybridized carbons (Fsp3) is 0.435. The van der Waals surface area contributed by atoms with Crippen molar-refractivity contribution in [2.45, 2.75) is 58.5 Å². The van der Waals surface area contributed by atoms with Gasteiger partial charge in [-0.2, -0.15) is 0 Å². The summed E-state index contributed by atoms with van der Waals surface area (Å²) in [7, 11) is 0. The Hall–Kier alpha value is -2.20. The van der Waals surface area contributed by atoms with E-state index in [0.29, 0.717) is 12.8 Å². The number of benzene rings is 1. The number of aryl methyl sites for hydroxylation is 1. The molecule has 0 aliphatic heterocycles. The van der Waals surface area contributed by atoms with Crippen molar-refractivity contribution in [1.82, 2.24) is 9.97 Å². The second kappa shape index (κ2) is 7.08. The number of fused-ring (bicyclic) bond motifs is 1. The highest BCUT2D eigenvalue weighted by atomic mass is 19.1. The molecule has 3 nitrogen and oxygen atoms in total. The van der Waals surface area contributed by atoms with Crippen LogP contribution < -0.4 is 0 Å². The van der Waals surface area contributed by atoms with Gasteiger partial charge in [-0.1, -0.05) is 33.8 Å². The molecule has 2 aromatic heterocycles. The monoisotopic (exact) mass is 368 g/mol. The molecule has 1 atom stereocenters. The third kappa shape index (κ3) is 4.06. The number of hydrogen-bond acceptors (Lipinski definition) is 2. The summed E-state index contributed by atoms with van der Waals surface area (Å²) in [6.07, 6.45) is 4.62. The molecule has 2 heterocycles. The molecule has 0 saturated heterocycles. The van der Waals surface area contributed by atoms with Crippen molar-refractivity contribution in [3.63, 3.8) is 0 Å². The van der Waals surface area contributed by atoms with Crippen molar-refractivity contribution < 1.29 is 9.50 Å². The van der Waals surface area contributed by atoms with Crippen LogP contribution in [0.1, 0.15) is 50.9 Å². The Labute approximate surface area is 160 Å². The van der Waals surface area contributed by atoms with Crippen molar-refractivity contribution in [1.29, 1.82) is 0 Å². The molecule has 0 saturated carbocycles. The molecular weight excluding hydrogens is 339 g/mol. The van der Waals surface area contributed by atoms with Crippen LogP contribution in [0.2, 0.25) is 0 Å². The Morgan fingerprint density at radius 2 is 1.93 bits per heavy atom. The highest BCUT2D eigenvalue weighted by Gasteiger charge is 2.39. The van der Waals surface area contributed by atoms with Crippen LogP contribution in [0.15, 0.2) is 42.7 Å². The largest absolute Gasteiger partial charge is 0.389 e. The molecule has 1 aromatic carbocycles. The summed E-state index contributed by atoms with van der Waals surface area (Å²) < 4.78 is 13.9. The second-order valence-electron chi connectivity index (χ2n) is 8.71. The fourth-order valence-corrected chi connectivity index (χ4v) is 4.11. The van der Waals surface area contributed by atoms with Crippen molar-refractivity contribution >= 4 is 10.9 Å². The summed E-state index contributed by atoms with van der Waals surface area (Å²) in [5.74, 6) is -0.185. The topological polar surface area (TPSA) is 48.9 Å². The van der Waals surface area contributed by atoms with Crippen LogP contribution in [0.25, 0.3) is 10.9 Å². The van der Waals surface area contributed by atoms with Gasteiger partial charge in [-0.05, 0) is 60.1 Å². The summed E-state index contributed by atoms with van der Waals surface area (Å²) >= 11 is 0. The normalized spacial score (nSPS) is 14.7. The van der Waals surface area contributed by atoms with Gasteiger partial charge in [0.25, 0.3) is 0 Å². The van der Waals surface area contributed by atoms with E-state index in [-0.39, 0.29) is 17.2 Å².